The number of hydrogen-bond acceptors (Lipinski definition) is 1. The van der Waals surface area contributed by atoms with Crippen molar-refractivity contribution in [1.82, 2.24) is 0 Å². The summed E-state index contributed by atoms with van der Waals surface area (Å²) < 4.78 is 8.34. The van der Waals surface area contributed by atoms with Gasteiger partial charge in [0.2, 0.25) is 0 Å². The molecule has 0 saturated carbocycles. The van der Waals surface area contributed by atoms with Crippen LogP contribution in [-0.2, 0) is 27.5 Å². The van der Waals surface area contributed by atoms with Crippen LogP contribution < -0.4 is 0 Å². The van der Waals surface area contributed by atoms with Crippen molar-refractivity contribution in [3.8, 4) is 0 Å². The second-order valence-electron chi connectivity index (χ2n) is 0. The van der Waals surface area contributed by atoms with Crippen LogP contribution in [0.3, 0.4) is 0 Å². The molecule has 0 N–H and O–H groups in total. The monoisotopic (exact) mass is 388 g/mol. The van der Waals surface area contributed by atoms with E-state index in [4.69, 9.17) is 2.81 Å². The van der Waals surface area contributed by atoms with Crippen molar-refractivity contribution < 1.29 is 110 Å². The Bertz CT molecular complexity index is 8.00. The van der Waals surface area contributed by atoms with Crippen molar-refractivity contribution in [3.63, 3.8) is 0 Å². The fourth-order valence-corrected chi connectivity index (χ4v) is 0. The molecule has 18 valence electrons. The van der Waals surface area contributed by atoms with Gasteiger partial charge in [0, 0.05) is 82.6 Å². The summed E-state index contributed by atoms with van der Waals surface area (Å²) in [5, 5.41) is 0. The van der Waals surface area contributed by atoms with Crippen molar-refractivity contribution in [2.24, 2.45) is 0 Å². The first-order valence-electron chi connectivity index (χ1n) is 0.204. The second kappa shape index (κ2) is 16.1. The van der Waals surface area contributed by atoms with Gasteiger partial charge in [-0.15, -0.1) is 0 Å². The molecule has 1 nitrogen and oxygen atoms in total. The first kappa shape index (κ1) is 15.7. The number of rotatable bonds is 0. The molecule has 0 bridgehead atoms. The molecule has 0 saturated heterocycles. The predicted octanol–water partition coefficient (Wildman–Crippen LogP) is -0.121. The average molecular weight is 392 g/mol. The summed E-state index contributed by atoms with van der Waals surface area (Å²) in [7, 11) is 0. The summed E-state index contributed by atoms with van der Waals surface area (Å²) in [5.74, 6) is 0. The average Bonchev–Trinajstić information content (AvgIpc) is 1.00. The summed E-state index contributed by atoms with van der Waals surface area (Å²) in [4.78, 5) is 0. The van der Waals surface area contributed by atoms with Gasteiger partial charge in [-0.25, -0.2) is 0 Å². The fourth-order valence-electron chi connectivity index (χ4n) is 0. The van der Waals surface area contributed by atoms with Gasteiger partial charge in [-0.05, 0) is 0 Å². The van der Waals surface area contributed by atoms with Crippen LogP contribution in [0.2, 0.25) is 0 Å². The molecular formula is CeNdOZr. The van der Waals surface area contributed by atoms with Gasteiger partial charge >= 0.3 is 27.5 Å². The third kappa shape index (κ3) is 9.05. The van der Waals surface area contributed by atoms with Crippen LogP contribution in [0.15, 0.2) is 0 Å². The molecule has 0 spiro atoms. The fraction of sp³-hybridized carbons (Fsp3) is 0. The van der Waals surface area contributed by atoms with E-state index in [9.17, 15) is 0 Å². The molecule has 0 aromatic rings. The minimum absolute atomic E-state index is 0. The molecule has 0 amide bonds. The second-order valence-corrected chi connectivity index (χ2v) is 0. The molecule has 4 heteroatoms. The molecule has 0 atom stereocenters. The molecule has 0 aromatic carbocycles. The zero-order valence-electron chi connectivity index (χ0n) is 1.91. The van der Waals surface area contributed by atoms with Gasteiger partial charge in [0.05, 0.1) is 0 Å². The van der Waals surface area contributed by atoms with Crippen molar-refractivity contribution in [1.29, 1.82) is 0 Å². The molecule has 0 rings (SSSR count). The summed E-state index contributed by atoms with van der Waals surface area (Å²) in [6.45, 7) is 0. The maximum absolute atomic E-state index is 8.34. The summed E-state index contributed by atoms with van der Waals surface area (Å²) in [6.07, 6.45) is 0. The Labute approximate surface area is 107 Å². The quantitative estimate of drug-likeness (QED) is 0.563. The van der Waals surface area contributed by atoms with Crippen molar-refractivity contribution in [2.45, 2.75) is 0 Å². The van der Waals surface area contributed by atoms with Crippen LogP contribution in [0.1, 0.15) is 0 Å². The topological polar surface area (TPSA) is 17.1 Å². The van der Waals surface area contributed by atoms with E-state index in [0.29, 0.717) is 24.7 Å². The van der Waals surface area contributed by atoms with E-state index >= 15 is 0 Å². The molecule has 0 aliphatic rings. The molecule has 0 heterocycles. The first-order valence-corrected chi connectivity index (χ1v) is 1.21. The van der Waals surface area contributed by atoms with Gasteiger partial charge < -0.3 is 0 Å². The van der Waals surface area contributed by atoms with Gasteiger partial charge in [-0.1, -0.05) is 0 Å². The van der Waals surface area contributed by atoms with E-state index in [2.05, 4.69) is 0 Å². The van der Waals surface area contributed by atoms with E-state index in [1.54, 1.807) is 0 Å². The zero-order valence-corrected chi connectivity index (χ0v) is 10.7. The van der Waals surface area contributed by atoms with Gasteiger partial charge in [0.15, 0.2) is 0 Å². The van der Waals surface area contributed by atoms with Crippen LogP contribution in [0.5, 0.6) is 0 Å². The van der Waals surface area contributed by atoms with Crippen LogP contribution in [0.4, 0.5) is 0 Å². The normalized spacial score (nSPS) is 0.750. The van der Waals surface area contributed by atoms with Crippen LogP contribution in [0.25, 0.3) is 0 Å². The first-order chi connectivity index (χ1) is 1.00. The van der Waals surface area contributed by atoms with Crippen LogP contribution in [-0.4, -0.2) is 0 Å². The molecule has 0 aliphatic carbocycles. The van der Waals surface area contributed by atoms with Gasteiger partial charge in [-0.2, -0.15) is 0 Å². The van der Waals surface area contributed by atoms with Crippen molar-refractivity contribution >= 4 is 0 Å². The standard InChI is InChI=1S/Ce.Nd.O.Zr. The Hall–Kier alpha value is 3.41. The Morgan fingerprint density at radius 3 is 1.25 bits per heavy atom. The van der Waals surface area contributed by atoms with E-state index < -0.39 is 0 Å². The molecule has 0 fully saturated rings. The molecular weight excluding hydrogens is 392 g/mol. The Balaban J connectivity index is -0.00000000500. The predicted molar refractivity (Wildman–Crippen MR) is 0.686 cm³/mol. The molecule has 4 heavy (non-hydrogen) atoms. The Morgan fingerprint density at radius 2 is 1.25 bits per heavy atom. The summed E-state index contributed by atoms with van der Waals surface area (Å²) in [5.41, 5.74) is 0. The minimum atomic E-state index is 0. The Kier molecular flexibility index (Phi) is 63.1. The van der Waals surface area contributed by atoms with E-state index in [1.165, 1.54) is 0 Å². The summed E-state index contributed by atoms with van der Waals surface area (Å²) >= 11 is 0.300. The maximum atomic E-state index is 8.34. The third-order valence-corrected chi connectivity index (χ3v) is 0. The van der Waals surface area contributed by atoms with Gasteiger partial charge in [0.25, 0.3) is 0 Å². The third-order valence-electron chi connectivity index (χ3n) is 0. The molecule has 0 radical (unpaired) electrons. The van der Waals surface area contributed by atoms with E-state index in [-0.39, 0.29) is 82.6 Å². The van der Waals surface area contributed by atoms with Crippen molar-refractivity contribution in [2.75, 3.05) is 0 Å². The summed E-state index contributed by atoms with van der Waals surface area (Å²) in [6, 6.07) is 0. The molecule has 0 aliphatic heterocycles. The van der Waals surface area contributed by atoms with E-state index in [0.717, 1.165) is 0 Å². The SMILES string of the molecule is [Ce].[Nd].[O]=[Zr]. The van der Waals surface area contributed by atoms with Gasteiger partial charge in [0.1, 0.15) is 0 Å². The Morgan fingerprint density at radius 1 is 1.25 bits per heavy atom. The van der Waals surface area contributed by atoms with Crippen LogP contribution >= 0.6 is 0 Å². The molecule has 0 unspecified atom stereocenters. The van der Waals surface area contributed by atoms with Crippen LogP contribution in [0, 0.1) is 82.6 Å². The van der Waals surface area contributed by atoms with E-state index in [1.807, 2.05) is 0 Å². The van der Waals surface area contributed by atoms with Gasteiger partial charge in [-0.3, -0.25) is 0 Å². The van der Waals surface area contributed by atoms with Crippen molar-refractivity contribution in [3.05, 3.63) is 0 Å². The zero-order chi connectivity index (χ0) is 2.00. The molecule has 0 aromatic heterocycles. The number of hydrogen-bond donors (Lipinski definition) is 0.